The first kappa shape index (κ1) is 25.9. The van der Waals surface area contributed by atoms with E-state index >= 15 is 0 Å². The lowest BCUT2D eigenvalue weighted by atomic mass is 9.84. The number of allylic oxidation sites excluding steroid dienone is 2. The minimum absolute atomic E-state index is 0.103. The van der Waals surface area contributed by atoms with Gasteiger partial charge < -0.3 is 10.4 Å². The van der Waals surface area contributed by atoms with Crippen molar-refractivity contribution in [2.75, 3.05) is 0 Å². The van der Waals surface area contributed by atoms with E-state index in [1.807, 2.05) is 6.92 Å². The summed E-state index contributed by atoms with van der Waals surface area (Å²) in [5.41, 5.74) is -2.54. The quantitative estimate of drug-likeness (QED) is 0.293. The Labute approximate surface area is 209 Å². The molecule has 1 fully saturated rings. The van der Waals surface area contributed by atoms with Gasteiger partial charge in [0.25, 0.3) is 5.91 Å². The largest absolute Gasteiger partial charge is 0.478 e. The SMILES string of the molecule is CC1CCC(C(=N)c2ccc(C(=O)O)cc2F)=C(NC(=O)c2c(Cl)cccc2C2(C(F)(F)F)CC2)C1. The molecule has 0 spiro atoms. The molecule has 1 amide bonds. The van der Waals surface area contributed by atoms with E-state index in [-0.39, 0.29) is 51.7 Å². The maximum Gasteiger partial charge on any atom is 0.398 e. The molecule has 2 aromatic carbocycles. The Kier molecular flexibility index (Phi) is 6.72. The molecule has 36 heavy (non-hydrogen) atoms. The molecule has 0 aromatic heterocycles. The number of alkyl halides is 3. The molecule has 2 aliphatic carbocycles. The van der Waals surface area contributed by atoms with Gasteiger partial charge in [0.15, 0.2) is 0 Å². The molecule has 1 saturated carbocycles. The summed E-state index contributed by atoms with van der Waals surface area (Å²) in [5, 5.41) is 20.2. The summed E-state index contributed by atoms with van der Waals surface area (Å²) in [7, 11) is 0. The second kappa shape index (κ2) is 9.35. The van der Waals surface area contributed by atoms with E-state index in [4.69, 9.17) is 22.1 Å². The first-order valence-electron chi connectivity index (χ1n) is 11.4. The van der Waals surface area contributed by atoms with E-state index < -0.39 is 29.3 Å². The molecule has 1 atom stereocenters. The van der Waals surface area contributed by atoms with Crippen LogP contribution in [0.2, 0.25) is 5.02 Å². The van der Waals surface area contributed by atoms with Crippen molar-refractivity contribution in [3.8, 4) is 0 Å². The zero-order valence-corrected chi connectivity index (χ0v) is 20.0. The van der Waals surface area contributed by atoms with Gasteiger partial charge in [0.1, 0.15) is 5.82 Å². The Hall–Kier alpha value is -3.20. The Morgan fingerprint density at radius 3 is 2.47 bits per heavy atom. The number of hydrogen-bond acceptors (Lipinski definition) is 3. The summed E-state index contributed by atoms with van der Waals surface area (Å²) in [5.74, 6) is -2.92. The van der Waals surface area contributed by atoms with Crippen molar-refractivity contribution in [2.24, 2.45) is 5.92 Å². The van der Waals surface area contributed by atoms with Gasteiger partial charge in [-0.1, -0.05) is 30.7 Å². The number of benzene rings is 2. The standard InChI is InChI=1S/C26H23ClF4N2O3/c1-13-5-7-16(22(32)15-8-6-14(24(35)36)12-19(15)28)20(11-13)33-23(34)21-17(3-2-4-18(21)27)25(9-10-25)26(29,30)31/h2-4,6,8,12-13,32H,5,7,9-11H2,1H3,(H,33,34)(H,35,36). The van der Waals surface area contributed by atoms with E-state index in [2.05, 4.69) is 5.32 Å². The molecule has 1 unspecified atom stereocenters. The number of amides is 1. The molecule has 2 aromatic rings. The topological polar surface area (TPSA) is 90.2 Å². The summed E-state index contributed by atoms with van der Waals surface area (Å²) in [6.07, 6.45) is -3.52. The highest BCUT2D eigenvalue weighted by Crippen LogP contribution is 2.60. The molecule has 190 valence electrons. The molecule has 0 saturated heterocycles. The number of halogens is 5. The van der Waals surface area contributed by atoms with Crippen LogP contribution in [0.1, 0.15) is 70.9 Å². The van der Waals surface area contributed by atoms with Gasteiger partial charge >= 0.3 is 12.1 Å². The zero-order valence-electron chi connectivity index (χ0n) is 19.2. The predicted octanol–water partition coefficient (Wildman–Crippen LogP) is 6.64. The van der Waals surface area contributed by atoms with Crippen molar-refractivity contribution < 1.29 is 32.3 Å². The fraction of sp³-hybridized carbons (Fsp3) is 0.346. The zero-order chi connectivity index (χ0) is 26.4. The van der Waals surface area contributed by atoms with Gasteiger partial charge in [-0.3, -0.25) is 10.2 Å². The number of carbonyl (C=O) groups excluding carboxylic acids is 1. The van der Waals surface area contributed by atoms with Crippen LogP contribution in [-0.4, -0.2) is 28.9 Å². The van der Waals surface area contributed by atoms with E-state index in [0.29, 0.717) is 30.5 Å². The first-order chi connectivity index (χ1) is 16.9. The van der Waals surface area contributed by atoms with Crippen molar-refractivity contribution in [1.29, 1.82) is 5.41 Å². The van der Waals surface area contributed by atoms with Crippen LogP contribution in [0.25, 0.3) is 0 Å². The number of carbonyl (C=O) groups is 2. The molecule has 0 bridgehead atoms. The third kappa shape index (κ3) is 4.64. The highest BCUT2D eigenvalue weighted by atomic mass is 35.5. The van der Waals surface area contributed by atoms with E-state index in [9.17, 15) is 27.2 Å². The summed E-state index contributed by atoms with van der Waals surface area (Å²) in [6.45, 7) is 1.93. The highest BCUT2D eigenvalue weighted by molar-refractivity contribution is 6.34. The Morgan fingerprint density at radius 2 is 1.89 bits per heavy atom. The maximum atomic E-state index is 14.7. The number of nitrogens with one attached hydrogen (secondary N) is 2. The van der Waals surface area contributed by atoms with Gasteiger partial charge in [-0.15, -0.1) is 0 Å². The smallest absolute Gasteiger partial charge is 0.398 e. The molecule has 0 aliphatic heterocycles. The van der Waals surface area contributed by atoms with Gasteiger partial charge in [0.2, 0.25) is 0 Å². The lowest BCUT2D eigenvalue weighted by Crippen LogP contribution is -2.34. The van der Waals surface area contributed by atoms with Crippen molar-refractivity contribution >= 4 is 29.2 Å². The van der Waals surface area contributed by atoms with Crippen LogP contribution in [0.5, 0.6) is 0 Å². The third-order valence-corrected chi connectivity index (χ3v) is 7.22. The molecular formula is C26H23ClF4N2O3. The number of carboxylic acid groups (broad SMARTS) is 1. The van der Waals surface area contributed by atoms with Crippen molar-refractivity contribution in [3.63, 3.8) is 0 Å². The van der Waals surface area contributed by atoms with Crippen LogP contribution in [0.15, 0.2) is 47.7 Å². The second-order valence-corrected chi connectivity index (χ2v) is 9.78. The molecule has 0 radical (unpaired) electrons. The lowest BCUT2D eigenvalue weighted by molar-refractivity contribution is -0.160. The molecule has 5 nitrogen and oxygen atoms in total. The highest BCUT2D eigenvalue weighted by Gasteiger charge is 2.65. The Bertz CT molecular complexity index is 1300. The lowest BCUT2D eigenvalue weighted by Gasteiger charge is -2.27. The van der Waals surface area contributed by atoms with E-state index in [1.165, 1.54) is 30.3 Å². The number of rotatable bonds is 6. The first-order valence-corrected chi connectivity index (χ1v) is 11.7. The molecule has 10 heteroatoms. The number of carboxylic acids is 1. The van der Waals surface area contributed by atoms with E-state index in [1.54, 1.807) is 0 Å². The normalized spacial score (nSPS) is 19.1. The van der Waals surface area contributed by atoms with E-state index in [0.717, 1.165) is 6.07 Å². The van der Waals surface area contributed by atoms with Crippen LogP contribution < -0.4 is 5.32 Å². The van der Waals surface area contributed by atoms with Crippen LogP contribution >= 0.6 is 11.6 Å². The predicted molar refractivity (Wildman–Crippen MR) is 126 cm³/mol. The second-order valence-electron chi connectivity index (χ2n) is 9.38. The van der Waals surface area contributed by atoms with Gasteiger partial charge in [-0.2, -0.15) is 13.2 Å². The van der Waals surface area contributed by atoms with Crippen LogP contribution in [-0.2, 0) is 5.41 Å². The number of hydrogen-bond donors (Lipinski definition) is 3. The average molecular weight is 523 g/mol. The van der Waals surface area contributed by atoms with Gasteiger partial charge in [-0.25, -0.2) is 9.18 Å². The molecule has 0 heterocycles. The Morgan fingerprint density at radius 1 is 1.19 bits per heavy atom. The van der Waals surface area contributed by atoms with Gasteiger partial charge in [-0.05, 0) is 73.4 Å². The van der Waals surface area contributed by atoms with Gasteiger partial charge in [0.05, 0.1) is 27.3 Å². The molecule has 2 aliphatic rings. The summed E-state index contributed by atoms with van der Waals surface area (Å²) in [4.78, 5) is 24.5. The molecule has 3 N–H and O–H groups in total. The van der Waals surface area contributed by atoms with Crippen LogP contribution in [0.4, 0.5) is 17.6 Å². The third-order valence-electron chi connectivity index (χ3n) is 6.90. The van der Waals surface area contributed by atoms with Crippen molar-refractivity contribution in [1.82, 2.24) is 5.32 Å². The van der Waals surface area contributed by atoms with Crippen molar-refractivity contribution in [2.45, 2.75) is 50.6 Å². The van der Waals surface area contributed by atoms with Crippen LogP contribution in [0, 0.1) is 17.1 Å². The summed E-state index contributed by atoms with van der Waals surface area (Å²) < 4.78 is 56.2. The van der Waals surface area contributed by atoms with Crippen LogP contribution in [0.3, 0.4) is 0 Å². The van der Waals surface area contributed by atoms with Gasteiger partial charge in [0, 0.05) is 11.3 Å². The molecule has 4 rings (SSSR count). The van der Waals surface area contributed by atoms with Crippen molar-refractivity contribution in [3.05, 3.63) is 80.8 Å². The minimum atomic E-state index is -4.54. The monoisotopic (exact) mass is 522 g/mol. The fourth-order valence-electron chi connectivity index (χ4n) is 4.71. The molecular weight excluding hydrogens is 500 g/mol. The average Bonchev–Trinajstić information content (AvgIpc) is 3.60. The Balaban J connectivity index is 1.72. The summed E-state index contributed by atoms with van der Waals surface area (Å²) in [6, 6.07) is 7.19. The maximum absolute atomic E-state index is 14.7. The minimum Gasteiger partial charge on any atom is -0.478 e. The summed E-state index contributed by atoms with van der Waals surface area (Å²) >= 11 is 6.23. The number of aromatic carboxylic acids is 1. The fourth-order valence-corrected chi connectivity index (χ4v) is 4.98.